The lowest BCUT2D eigenvalue weighted by Gasteiger charge is -2.16. The van der Waals surface area contributed by atoms with E-state index in [1.165, 1.54) is 0 Å². The monoisotopic (exact) mass is 314 g/mol. The van der Waals surface area contributed by atoms with Crippen LogP contribution in [0, 0.1) is 13.8 Å². The molecule has 23 heavy (non-hydrogen) atoms. The first-order valence-electron chi connectivity index (χ1n) is 7.68. The third kappa shape index (κ3) is 4.74. The number of ether oxygens (including phenoxy) is 2. The Labute approximate surface area is 136 Å². The van der Waals surface area contributed by atoms with Crippen LogP contribution >= 0.6 is 0 Å². The van der Waals surface area contributed by atoms with Gasteiger partial charge < -0.3 is 14.6 Å². The first-order valence-corrected chi connectivity index (χ1v) is 7.68. The minimum absolute atomic E-state index is 0.300. The summed E-state index contributed by atoms with van der Waals surface area (Å²) in [5.41, 5.74) is 3.12. The quantitative estimate of drug-likeness (QED) is 0.845. The van der Waals surface area contributed by atoms with Gasteiger partial charge in [-0.25, -0.2) is 4.79 Å². The van der Waals surface area contributed by atoms with Gasteiger partial charge in [0.05, 0.1) is 6.61 Å². The van der Waals surface area contributed by atoms with Gasteiger partial charge in [-0.2, -0.15) is 0 Å². The van der Waals surface area contributed by atoms with Crippen molar-refractivity contribution in [2.45, 2.75) is 33.3 Å². The number of hydrogen-bond donors (Lipinski definition) is 1. The van der Waals surface area contributed by atoms with Gasteiger partial charge in [0.1, 0.15) is 11.5 Å². The van der Waals surface area contributed by atoms with E-state index in [4.69, 9.17) is 9.47 Å². The molecule has 0 heterocycles. The van der Waals surface area contributed by atoms with E-state index in [2.05, 4.69) is 0 Å². The number of carboxylic acids is 1. The summed E-state index contributed by atoms with van der Waals surface area (Å²) in [6.07, 6.45) is -0.621. The van der Waals surface area contributed by atoms with Crippen molar-refractivity contribution in [3.05, 3.63) is 59.2 Å². The van der Waals surface area contributed by atoms with Crippen LogP contribution in [0.15, 0.2) is 42.5 Å². The maximum Gasteiger partial charge on any atom is 0.345 e. The van der Waals surface area contributed by atoms with Gasteiger partial charge in [0.15, 0.2) is 6.10 Å². The number of hydrogen-bond acceptors (Lipinski definition) is 3. The third-order valence-electron chi connectivity index (χ3n) is 3.69. The molecule has 1 N–H and O–H groups in total. The maximum absolute atomic E-state index is 11.5. The van der Waals surface area contributed by atoms with Crippen LogP contribution in [0.1, 0.15) is 23.6 Å². The Bertz CT molecular complexity index is 662. The Morgan fingerprint density at radius 1 is 1.04 bits per heavy atom. The predicted molar refractivity (Wildman–Crippen MR) is 89.3 cm³/mol. The van der Waals surface area contributed by atoms with E-state index in [1.54, 1.807) is 6.07 Å². The minimum Gasteiger partial charge on any atom is -0.494 e. The molecule has 4 heteroatoms. The summed E-state index contributed by atoms with van der Waals surface area (Å²) >= 11 is 0. The number of benzene rings is 2. The summed E-state index contributed by atoms with van der Waals surface area (Å²) in [4.78, 5) is 11.5. The zero-order valence-electron chi connectivity index (χ0n) is 13.7. The highest BCUT2D eigenvalue weighted by Crippen LogP contribution is 2.20. The van der Waals surface area contributed by atoms with Crippen LogP contribution in [-0.4, -0.2) is 23.8 Å². The van der Waals surface area contributed by atoms with Crippen molar-refractivity contribution in [2.75, 3.05) is 6.61 Å². The number of rotatable bonds is 7. The lowest BCUT2D eigenvalue weighted by atomic mass is 10.1. The van der Waals surface area contributed by atoms with E-state index >= 15 is 0 Å². The summed E-state index contributed by atoms with van der Waals surface area (Å²) in [5, 5.41) is 9.41. The molecule has 1 atom stereocenters. The number of carboxylic acid groups (broad SMARTS) is 1. The normalized spacial score (nSPS) is 11.8. The molecular weight excluding hydrogens is 292 g/mol. The van der Waals surface area contributed by atoms with Crippen molar-refractivity contribution in [1.29, 1.82) is 0 Å². The molecule has 2 rings (SSSR count). The largest absolute Gasteiger partial charge is 0.494 e. The maximum atomic E-state index is 11.5. The molecule has 0 spiro atoms. The number of aryl methyl sites for hydroxylation is 2. The summed E-state index contributed by atoms with van der Waals surface area (Å²) in [5.74, 6) is 0.377. The smallest absolute Gasteiger partial charge is 0.345 e. The van der Waals surface area contributed by atoms with Crippen molar-refractivity contribution in [3.8, 4) is 11.5 Å². The van der Waals surface area contributed by atoms with Gasteiger partial charge in [0.2, 0.25) is 0 Å². The van der Waals surface area contributed by atoms with Gasteiger partial charge >= 0.3 is 5.97 Å². The molecule has 0 saturated carbocycles. The molecule has 2 aromatic rings. The Kier molecular flexibility index (Phi) is 5.63. The van der Waals surface area contributed by atoms with Crippen LogP contribution in [0.25, 0.3) is 0 Å². The fraction of sp³-hybridized carbons (Fsp3) is 0.316. The van der Waals surface area contributed by atoms with Crippen LogP contribution in [0.2, 0.25) is 0 Å². The molecule has 1 unspecified atom stereocenters. The summed E-state index contributed by atoms with van der Waals surface area (Å²) in [6.45, 7) is 6.51. The molecule has 0 aromatic heterocycles. The van der Waals surface area contributed by atoms with E-state index in [9.17, 15) is 9.90 Å². The van der Waals surface area contributed by atoms with Crippen molar-refractivity contribution in [1.82, 2.24) is 0 Å². The lowest BCUT2D eigenvalue weighted by molar-refractivity contribution is -0.145. The van der Waals surface area contributed by atoms with Crippen molar-refractivity contribution < 1.29 is 19.4 Å². The molecule has 0 aliphatic heterocycles. The molecule has 0 fully saturated rings. The molecule has 0 aliphatic carbocycles. The average Bonchev–Trinajstić information content (AvgIpc) is 2.52. The first-order chi connectivity index (χ1) is 11.0. The highest BCUT2D eigenvalue weighted by molar-refractivity contribution is 5.73. The predicted octanol–water partition coefficient (Wildman–Crippen LogP) is 3.78. The van der Waals surface area contributed by atoms with Crippen molar-refractivity contribution in [3.63, 3.8) is 0 Å². The Morgan fingerprint density at radius 2 is 1.70 bits per heavy atom. The molecule has 0 bridgehead atoms. The van der Waals surface area contributed by atoms with Gasteiger partial charge in [-0.1, -0.05) is 18.2 Å². The summed E-state index contributed by atoms with van der Waals surface area (Å²) in [6, 6.07) is 13.0. The molecule has 0 aliphatic rings. The van der Waals surface area contributed by atoms with E-state index in [1.807, 2.05) is 57.2 Å². The second-order valence-corrected chi connectivity index (χ2v) is 5.47. The Morgan fingerprint density at radius 3 is 2.26 bits per heavy atom. The van der Waals surface area contributed by atoms with Gasteiger partial charge in [0.25, 0.3) is 0 Å². The molecular formula is C19H22O4. The minimum atomic E-state index is -0.975. The van der Waals surface area contributed by atoms with E-state index in [-0.39, 0.29) is 0 Å². The molecule has 4 nitrogen and oxygen atoms in total. The van der Waals surface area contributed by atoms with Gasteiger partial charge in [-0.05, 0) is 61.7 Å². The van der Waals surface area contributed by atoms with Crippen LogP contribution in [0.5, 0.6) is 11.5 Å². The fourth-order valence-corrected chi connectivity index (χ4v) is 2.23. The second kappa shape index (κ2) is 7.68. The second-order valence-electron chi connectivity index (χ2n) is 5.47. The van der Waals surface area contributed by atoms with E-state index in [0.29, 0.717) is 18.8 Å². The highest BCUT2D eigenvalue weighted by Gasteiger charge is 2.20. The first kappa shape index (κ1) is 16.9. The van der Waals surface area contributed by atoms with Crippen LogP contribution in [0.4, 0.5) is 0 Å². The average molecular weight is 314 g/mol. The van der Waals surface area contributed by atoms with Crippen molar-refractivity contribution in [2.24, 2.45) is 0 Å². The van der Waals surface area contributed by atoms with E-state index in [0.717, 1.165) is 22.4 Å². The van der Waals surface area contributed by atoms with Gasteiger partial charge in [-0.3, -0.25) is 0 Å². The molecule has 0 saturated heterocycles. The third-order valence-corrected chi connectivity index (χ3v) is 3.69. The number of aliphatic carboxylic acids is 1. The topological polar surface area (TPSA) is 55.8 Å². The summed E-state index contributed by atoms with van der Waals surface area (Å²) in [7, 11) is 0. The molecule has 0 radical (unpaired) electrons. The van der Waals surface area contributed by atoms with Crippen LogP contribution in [0.3, 0.4) is 0 Å². The Balaban J connectivity index is 2.09. The standard InChI is InChI=1S/C19H22O4/c1-4-22-16-9-6-15(7-10-16)12-18(19(20)21)23-17-8-5-13(2)14(3)11-17/h5-11,18H,4,12H2,1-3H3,(H,20,21). The molecule has 2 aromatic carbocycles. The molecule has 0 amide bonds. The van der Waals surface area contributed by atoms with Gasteiger partial charge in [0, 0.05) is 6.42 Å². The zero-order chi connectivity index (χ0) is 16.8. The molecule has 122 valence electrons. The lowest BCUT2D eigenvalue weighted by Crippen LogP contribution is -2.29. The number of carbonyl (C=O) groups is 1. The summed E-state index contributed by atoms with van der Waals surface area (Å²) < 4.78 is 11.0. The fourth-order valence-electron chi connectivity index (χ4n) is 2.23. The van der Waals surface area contributed by atoms with Crippen molar-refractivity contribution >= 4 is 5.97 Å². The van der Waals surface area contributed by atoms with Gasteiger partial charge in [-0.15, -0.1) is 0 Å². The van der Waals surface area contributed by atoms with E-state index < -0.39 is 12.1 Å². The van der Waals surface area contributed by atoms with Crippen LogP contribution < -0.4 is 9.47 Å². The Hall–Kier alpha value is -2.49. The SMILES string of the molecule is CCOc1ccc(CC(Oc2ccc(C)c(C)c2)C(=O)O)cc1. The van der Waals surface area contributed by atoms with Crippen LogP contribution in [-0.2, 0) is 11.2 Å². The zero-order valence-corrected chi connectivity index (χ0v) is 13.7. The highest BCUT2D eigenvalue weighted by atomic mass is 16.5.